The molecule has 1 aliphatic rings. The van der Waals surface area contributed by atoms with E-state index in [2.05, 4.69) is 5.32 Å². The summed E-state index contributed by atoms with van der Waals surface area (Å²) in [4.78, 5) is 13.4. The predicted molar refractivity (Wildman–Crippen MR) is 69.0 cm³/mol. The van der Waals surface area contributed by atoms with Gasteiger partial charge >= 0.3 is 0 Å². The van der Waals surface area contributed by atoms with Gasteiger partial charge in [0.05, 0.1) is 23.7 Å². The molecule has 1 aliphatic heterocycles. The van der Waals surface area contributed by atoms with Crippen LogP contribution in [0.25, 0.3) is 0 Å². The van der Waals surface area contributed by atoms with Gasteiger partial charge in [0.2, 0.25) is 5.91 Å². The van der Waals surface area contributed by atoms with Crippen molar-refractivity contribution in [1.82, 2.24) is 10.2 Å². The molecule has 18 heavy (non-hydrogen) atoms. The fourth-order valence-corrected chi connectivity index (χ4v) is 3.82. The van der Waals surface area contributed by atoms with Crippen LogP contribution in [0.4, 0.5) is 0 Å². The maximum absolute atomic E-state index is 11.7. The van der Waals surface area contributed by atoms with E-state index in [4.69, 9.17) is 0 Å². The Balaban J connectivity index is 2.34. The zero-order valence-electron chi connectivity index (χ0n) is 11.1. The molecule has 0 bridgehead atoms. The van der Waals surface area contributed by atoms with Crippen LogP contribution in [-0.4, -0.2) is 67.6 Å². The minimum Gasteiger partial charge on any atom is -0.389 e. The Kier molecular flexibility index (Phi) is 4.74. The standard InChI is InChI=1S/C11H22N2O4S/c1-11(2,15)8-13(3)6-10(14)12-9-4-5-18(16,17)7-9/h9,15H,4-8H2,1-3H3,(H,12,14). The van der Waals surface area contributed by atoms with Gasteiger partial charge in [-0.1, -0.05) is 0 Å². The number of nitrogens with one attached hydrogen (secondary N) is 1. The molecular formula is C11H22N2O4S. The third kappa shape index (κ3) is 5.79. The Bertz CT molecular complexity index is 400. The van der Waals surface area contributed by atoms with Gasteiger partial charge in [-0.15, -0.1) is 0 Å². The van der Waals surface area contributed by atoms with Crippen LogP contribution >= 0.6 is 0 Å². The first-order chi connectivity index (χ1) is 8.07. The highest BCUT2D eigenvalue weighted by Crippen LogP contribution is 2.11. The second-order valence-electron chi connectivity index (χ2n) is 5.65. The first kappa shape index (κ1) is 15.4. The number of carbonyl (C=O) groups excluding carboxylic acids is 1. The lowest BCUT2D eigenvalue weighted by molar-refractivity contribution is -0.123. The summed E-state index contributed by atoms with van der Waals surface area (Å²) in [5, 5.41) is 12.3. The van der Waals surface area contributed by atoms with Crippen molar-refractivity contribution in [3.63, 3.8) is 0 Å². The Morgan fingerprint density at radius 1 is 1.50 bits per heavy atom. The smallest absolute Gasteiger partial charge is 0.234 e. The molecule has 0 aromatic rings. The molecular weight excluding hydrogens is 256 g/mol. The second kappa shape index (κ2) is 5.54. The zero-order chi connectivity index (χ0) is 14.0. The summed E-state index contributed by atoms with van der Waals surface area (Å²) in [7, 11) is -1.23. The minimum atomic E-state index is -2.97. The van der Waals surface area contributed by atoms with Crippen LogP contribution < -0.4 is 5.32 Å². The molecule has 0 aromatic heterocycles. The van der Waals surface area contributed by atoms with E-state index in [1.165, 1.54) is 0 Å². The van der Waals surface area contributed by atoms with Crippen LogP contribution in [0, 0.1) is 0 Å². The predicted octanol–water partition coefficient (Wildman–Crippen LogP) is -1.01. The number of rotatable bonds is 5. The lowest BCUT2D eigenvalue weighted by Gasteiger charge is -2.25. The molecule has 0 aromatic carbocycles. The lowest BCUT2D eigenvalue weighted by atomic mass is 10.1. The van der Waals surface area contributed by atoms with Gasteiger partial charge in [0.15, 0.2) is 9.84 Å². The molecule has 1 fully saturated rings. The Labute approximate surface area is 108 Å². The minimum absolute atomic E-state index is 0.0357. The van der Waals surface area contributed by atoms with Gasteiger partial charge < -0.3 is 10.4 Å². The Morgan fingerprint density at radius 3 is 2.56 bits per heavy atom. The van der Waals surface area contributed by atoms with E-state index >= 15 is 0 Å². The van der Waals surface area contributed by atoms with Gasteiger partial charge in [-0.2, -0.15) is 0 Å². The summed E-state index contributed by atoms with van der Waals surface area (Å²) < 4.78 is 22.5. The monoisotopic (exact) mass is 278 g/mol. The highest BCUT2D eigenvalue weighted by Gasteiger charge is 2.29. The summed E-state index contributed by atoms with van der Waals surface area (Å²) in [5.41, 5.74) is -0.855. The summed E-state index contributed by atoms with van der Waals surface area (Å²) >= 11 is 0. The van der Waals surface area contributed by atoms with Crippen LogP contribution in [-0.2, 0) is 14.6 Å². The number of hydrogen-bond acceptors (Lipinski definition) is 5. The summed E-state index contributed by atoms with van der Waals surface area (Å²) in [6.45, 7) is 3.87. The molecule has 1 atom stereocenters. The van der Waals surface area contributed by atoms with Crippen molar-refractivity contribution in [1.29, 1.82) is 0 Å². The van der Waals surface area contributed by atoms with Crippen molar-refractivity contribution in [2.24, 2.45) is 0 Å². The first-order valence-electron chi connectivity index (χ1n) is 5.98. The fourth-order valence-electron chi connectivity index (χ4n) is 2.14. The number of nitrogens with zero attached hydrogens (tertiary/aromatic N) is 1. The van der Waals surface area contributed by atoms with Gasteiger partial charge in [0.25, 0.3) is 0 Å². The van der Waals surface area contributed by atoms with Gasteiger partial charge in [-0.25, -0.2) is 8.42 Å². The SMILES string of the molecule is CN(CC(=O)NC1CCS(=O)(=O)C1)CC(C)(C)O. The Morgan fingerprint density at radius 2 is 2.11 bits per heavy atom. The molecule has 1 saturated heterocycles. The van der Waals surface area contributed by atoms with Gasteiger partial charge in [0.1, 0.15) is 0 Å². The normalized spacial score (nSPS) is 23.3. The topological polar surface area (TPSA) is 86.7 Å². The van der Waals surface area contributed by atoms with Crippen LogP contribution in [0.1, 0.15) is 20.3 Å². The Hall–Kier alpha value is -0.660. The van der Waals surface area contributed by atoms with E-state index in [-0.39, 0.29) is 30.0 Å². The molecule has 2 N–H and O–H groups in total. The molecule has 0 aliphatic carbocycles. The van der Waals surface area contributed by atoms with Gasteiger partial charge in [-0.3, -0.25) is 9.69 Å². The largest absolute Gasteiger partial charge is 0.389 e. The molecule has 0 spiro atoms. The van der Waals surface area contributed by atoms with Crippen LogP contribution in [0.2, 0.25) is 0 Å². The maximum Gasteiger partial charge on any atom is 0.234 e. The van der Waals surface area contributed by atoms with Crippen molar-refractivity contribution in [3.8, 4) is 0 Å². The molecule has 0 saturated carbocycles. The summed E-state index contributed by atoms with van der Waals surface area (Å²) in [5.74, 6) is -0.0189. The van der Waals surface area contributed by atoms with E-state index in [1.807, 2.05) is 0 Å². The van der Waals surface area contributed by atoms with E-state index < -0.39 is 15.4 Å². The van der Waals surface area contributed by atoms with E-state index in [0.717, 1.165) is 0 Å². The number of hydrogen-bond donors (Lipinski definition) is 2. The lowest BCUT2D eigenvalue weighted by Crippen LogP contribution is -2.45. The van der Waals surface area contributed by atoms with E-state index in [0.29, 0.717) is 13.0 Å². The third-order valence-electron chi connectivity index (χ3n) is 2.67. The van der Waals surface area contributed by atoms with Crippen molar-refractivity contribution >= 4 is 15.7 Å². The number of carbonyl (C=O) groups is 1. The molecule has 7 heteroatoms. The second-order valence-corrected chi connectivity index (χ2v) is 7.88. The molecule has 1 rings (SSSR count). The van der Waals surface area contributed by atoms with Crippen LogP contribution in [0.3, 0.4) is 0 Å². The summed E-state index contributed by atoms with van der Waals surface area (Å²) in [6.07, 6.45) is 0.489. The van der Waals surface area contributed by atoms with Crippen molar-refractivity contribution < 1.29 is 18.3 Å². The quantitative estimate of drug-likeness (QED) is 0.673. The van der Waals surface area contributed by atoms with Crippen LogP contribution in [0.5, 0.6) is 0 Å². The number of sulfone groups is 1. The molecule has 6 nitrogen and oxygen atoms in total. The third-order valence-corrected chi connectivity index (χ3v) is 4.44. The molecule has 0 radical (unpaired) electrons. The van der Waals surface area contributed by atoms with Crippen molar-refractivity contribution in [3.05, 3.63) is 0 Å². The number of amides is 1. The van der Waals surface area contributed by atoms with Gasteiger partial charge in [-0.05, 0) is 27.3 Å². The number of aliphatic hydroxyl groups is 1. The highest BCUT2D eigenvalue weighted by molar-refractivity contribution is 7.91. The molecule has 1 unspecified atom stereocenters. The molecule has 106 valence electrons. The average molecular weight is 278 g/mol. The highest BCUT2D eigenvalue weighted by atomic mass is 32.2. The number of likely N-dealkylation sites (N-methyl/N-ethyl adjacent to an activating group) is 1. The van der Waals surface area contributed by atoms with E-state index in [1.54, 1.807) is 25.8 Å². The van der Waals surface area contributed by atoms with Crippen molar-refractivity contribution in [2.45, 2.75) is 31.9 Å². The zero-order valence-corrected chi connectivity index (χ0v) is 12.0. The fraction of sp³-hybridized carbons (Fsp3) is 0.909. The average Bonchev–Trinajstić information content (AvgIpc) is 2.40. The van der Waals surface area contributed by atoms with E-state index in [9.17, 15) is 18.3 Å². The van der Waals surface area contributed by atoms with Crippen LogP contribution in [0.15, 0.2) is 0 Å². The van der Waals surface area contributed by atoms with Crippen molar-refractivity contribution in [2.75, 3.05) is 31.6 Å². The maximum atomic E-state index is 11.7. The first-order valence-corrected chi connectivity index (χ1v) is 7.80. The van der Waals surface area contributed by atoms with Gasteiger partial charge in [0, 0.05) is 12.6 Å². The summed E-state index contributed by atoms with van der Waals surface area (Å²) in [6, 6.07) is -0.266. The molecule has 1 amide bonds. The molecule has 1 heterocycles.